The summed E-state index contributed by atoms with van der Waals surface area (Å²) in [6, 6.07) is 0. The van der Waals surface area contributed by atoms with Crippen molar-refractivity contribution < 1.29 is 0 Å². The zero-order valence-electron chi connectivity index (χ0n) is 3.96. The van der Waals surface area contributed by atoms with Crippen LogP contribution in [0.3, 0.4) is 0 Å². The van der Waals surface area contributed by atoms with Crippen LogP contribution < -0.4 is 5.32 Å². The van der Waals surface area contributed by atoms with E-state index >= 15 is 0 Å². The lowest BCUT2D eigenvalue weighted by molar-refractivity contribution is 0.901. The van der Waals surface area contributed by atoms with Gasteiger partial charge in [-0.2, -0.15) is 0 Å². The Bertz CT molecular complexity index is 107. The van der Waals surface area contributed by atoms with Crippen molar-refractivity contribution in [1.82, 2.24) is 5.32 Å². The molecule has 0 spiro atoms. The number of dihydropyridines is 1. The predicted octanol–water partition coefficient (Wildman–Crippen LogP) is 0.154. The molecule has 0 saturated heterocycles. The van der Waals surface area contributed by atoms with E-state index in [1.54, 1.807) is 0 Å². The van der Waals surface area contributed by atoms with Gasteiger partial charge in [-0.05, 0) is 12.3 Å². The molecule has 2 heteroatoms. The average molecular weight is 90.9 g/mol. The molecule has 34 valence electrons. The topological polar surface area (TPSA) is 12.0 Å². The van der Waals surface area contributed by atoms with E-state index in [2.05, 4.69) is 5.32 Å². The fourth-order valence-electron chi connectivity index (χ4n) is 0.462. The maximum absolute atomic E-state index is 5.39. The summed E-state index contributed by atoms with van der Waals surface area (Å²) in [6.07, 6.45) is 7.54. The summed E-state index contributed by atoms with van der Waals surface area (Å²) in [7, 11) is 5.39. The molecule has 1 atom stereocenters. The minimum atomic E-state index is 0.0185. The second-order valence-corrected chi connectivity index (χ2v) is 1.44. The Morgan fingerprint density at radius 3 is 2.57 bits per heavy atom. The van der Waals surface area contributed by atoms with Crippen molar-refractivity contribution in [1.29, 1.82) is 0 Å². The molecular weight excluding hydrogens is 84.9 g/mol. The molecular formula is C5H6BN. The molecule has 1 unspecified atom stereocenters. The molecule has 0 bridgehead atoms. The summed E-state index contributed by atoms with van der Waals surface area (Å²) < 4.78 is 0. The van der Waals surface area contributed by atoms with Gasteiger partial charge in [0.05, 0.1) is 0 Å². The van der Waals surface area contributed by atoms with Crippen LogP contribution in [0.4, 0.5) is 0 Å². The third-order valence-electron chi connectivity index (χ3n) is 0.814. The standard InChI is InChI=1S/C5H6BN/c6-5-3-1-2-4-7-5/h1-5,7H. The van der Waals surface area contributed by atoms with E-state index < -0.39 is 0 Å². The van der Waals surface area contributed by atoms with Crippen LogP contribution in [-0.2, 0) is 0 Å². The van der Waals surface area contributed by atoms with Gasteiger partial charge < -0.3 is 5.32 Å². The Kier molecular flexibility index (Phi) is 1.20. The van der Waals surface area contributed by atoms with Gasteiger partial charge in [0, 0.05) is 5.94 Å². The lowest BCUT2D eigenvalue weighted by Gasteiger charge is -2.07. The monoisotopic (exact) mass is 91.1 g/mol. The van der Waals surface area contributed by atoms with Gasteiger partial charge in [-0.25, -0.2) is 0 Å². The second kappa shape index (κ2) is 1.87. The fraction of sp³-hybridized carbons (Fsp3) is 0.200. The highest BCUT2D eigenvalue weighted by Crippen LogP contribution is 1.86. The van der Waals surface area contributed by atoms with Crippen LogP contribution in [-0.4, -0.2) is 13.8 Å². The Labute approximate surface area is 44.5 Å². The van der Waals surface area contributed by atoms with Crippen molar-refractivity contribution in [2.75, 3.05) is 0 Å². The van der Waals surface area contributed by atoms with Crippen molar-refractivity contribution in [2.24, 2.45) is 0 Å². The Balaban J connectivity index is 2.49. The first-order valence-electron chi connectivity index (χ1n) is 2.24. The molecule has 1 rings (SSSR count). The summed E-state index contributed by atoms with van der Waals surface area (Å²) >= 11 is 0. The molecule has 0 aromatic heterocycles. The minimum Gasteiger partial charge on any atom is -0.393 e. The zero-order chi connectivity index (χ0) is 5.11. The molecule has 2 radical (unpaired) electrons. The third-order valence-corrected chi connectivity index (χ3v) is 0.814. The SMILES string of the molecule is [B]C1C=CC=CN1. The largest absolute Gasteiger partial charge is 0.393 e. The summed E-state index contributed by atoms with van der Waals surface area (Å²) in [5.74, 6) is 0.0185. The summed E-state index contributed by atoms with van der Waals surface area (Å²) in [4.78, 5) is 0. The van der Waals surface area contributed by atoms with Gasteiger partial charge >= 0.3 is 0 Å². The average Bonchev–Trinajstić information content (AvgIpc) is 1.69. The quantitative estimate of drug-likeness (QED) is 0.418. The Hall–Kier alpha value is -0.655. The summed E-state index contributed by atoms with van der Waals surface area (Å²) in [5, 5.41) is 2.89. The molecule has 1 heterocycles. The van der Waals surface area contributed by atoms with Crippen molar-refractivity contribution in [2.45, 2.75) is 5.94 Å². The molecule has 0 fully saturated rings. The van der Waals surface area contributed by atoms with Crippen LogP contribution in [0.5, 0.6) is 0 Å². The van der Waals surface area contributed by atoms with Gasteiger partial charge in [0.1, 0.15) is 7.85 Å². The maximum atomic E-state index is 5.39. The van der Waals surface area contributed by atoms with Gasteiger partial charge in [0.25, 0.3) is 0 Å². The molecule has 1 N–H and O–H groups in total. The fourth-order valence-corrected chi connectivity index (χ4v) is 0.462. The minimum absolute atomic E-state index is 0.0185. The number of rotatable bonds is 0. The van der Waals surface area contributed by atoms with Crippen molar-refractivity contribution in [3.05, 3.63) is 24.4 Å². The molecule has 1 aliphatic heterocycles. The molecule has 0 aromatic rings. The molecule has 1 aliphatic rings. The number of hydrogen-bond acceptors (Lipinski definition) is 1. The van der Waals surface area contributed by atoms with Crippen LogP contribution in [0.15, 0.2) is 24.4 Å². The van der Waals surface area contributed by atoms with E-state index in [9.17, 15) is 0 Å². The van der Waals surface area contributed by atoms with E-state index in [4.69, 9.17) is 7.85 Å². The van der Waals surface area contributed by atoms with Crippen LogP contribution in [0.2, 0.25) is 0 Å². The molecule has 0 aliphatic carbocycles. The van der Waals surface area contributed by atoms with Gasteiger partial charge in [-0.15, -0.1) is 0 Å². The third kappa shape index (κ3) is 1.11. The van der Waals surface area contributed by atoms with Gasteiger partial charge in [0.15, 0.2) is 0 Å². The maximum Gasteiger partial charge on any atom is 0.104 e. The number of allylic oxidation sites excluding steroid dienone is 2. The van der Waals surface area contributed by atoms with E-state index in [1.165, 1.54) is 0 Å². The van der Waals surface area contributed by atoms with E-state index in [-0.39, 0.29) is 5.94 Å². The lowest BCUT2D eigenvalue weighted by atomic mass is 9.95. The summed E-state index contributed by atoms with van der Waals surface area (Å²) in [6.45, 7) is 0. The van der Waals surface area contributed by atoms with Gasteiger partial charge in [0.2, 0.25) is 0 Å². The Morgan fingerprint density at radius 1 is 1.43 bits per heavy atom. The van der Waals surface area contributed by atoms with Crippen LogP contribution in [0, 0.1) is 0 Å². The highest BCUT2D eigenvalue weighted by molar-refractivity contribution is 6.13. The van der Waals surface area contributed by atoms with E-state index in [1.807, 2.05) is 24.4 Å². The highest BCUT2D eigenvalue weighted by Gasteiger charge is 1.90. The molecule has 1 nitrogen and oxygen atoms in total. The summed E-state index contributed by atoms with van der Waals surface area (Å²) in [5.41, 5.74) is 0. The van der Waals surface area contributed by atoms with Crippen molar-refractivity contribution in [3.8, 4) is 0 Å². The molecule has 7 heavy (non-hydrogen) atoms. The van der Waals surface area contributed by atoms with Crippen LogP contribution >= 0.6 is 0 Å². The van der Waals surface area contributed by atoms with Crippen LogP contribution in [0.25, 0.3) is 0 Å². The first kappa shape index (κ1) is 4.50. The lowest BCUT2D eigenvalue weighted by Crippen LogP contribution is -2.22. The first-order chi connectivity index (χ1) is 3.39. The van der Waals surface area contributed by atoms with Crippen molar-refractivity contribution in [3.63, 3.8) is 0 Å². The van der Waals surface area contributed by atoms with Crippen molar-refractivity contribution >= 4 is 7.85 Å². The van der Waals surface area contributed by atoms with Gasteiger partial charge in [-0.1, -0.05) is 12.2 Å². The number of nitrogens with one attached hydrogen (secondary N) is 1. The molecule has 0 saturated carbocycles. The molecule has 0 aromatic carbocycles. The van der Waals surface area contributed by atoms with Gasteiger partial charge in [-0.3, -0.25) is 0 Å². The Morgan fingerprint density at radius 2 is 2.29 bits per heavy atom. The van der Waals surface area contributed by atoms with E-state index in [0.29, 0.717) is 0 Å². The second-order valence-electron chi connectivity index (χ2n) is 1.44. The molecule has 0 amide bonds. The zero-order valence-corrected chi connectivity index (χ0v) is 3.96. The first-order valence-corrected chi connectivity index (χ1v) is 2.24. The smallest absolute Gasteiger partial charge is 0.104 e. The predicted molar refractivity (Wildman–Crippen MR) is 31.0 cm³/mol. The van der Waals surface area contributed by atoms with E-state index in [0.717, 1.165) is 0 Å². The highest BCUT2D eigenvalue weighted by atomic mass is 14.8. The number of hydrogen-bond donors (Lipinski definition) is 1. The van der Waals surface area contributed by atoms with Crippen LogP contribution in [0.1, 0.15) is 0 Å². The normalized spacial score (nSPS) is 27.1.